The minimum atomic E-state index is -0.472. The van der Waals surface area contributed by atoms with Crippen LogP contribution < -0.4 is 10.1 Å². The van der Waals surface area contributed by atoms with E-state index in [-0.39, 0.29) is 0 Å². The molecule has 2 aromatic rings. The van der Waals surface area contributed by atoms with Crippen molar-refractivity contribution in [2.75, 3.05) is 45.9 Å². The fraction of sp³-hybridized carbons (Fsp3) is 0.591. The van der Waals surface area contributed by atoms with Crippen molar-refractivity contribution < 1.29 is 9.84 Å². The molecule has 0 unspecified atom stereocenters. The zero-order valence-corrected chi connectivity index (χ0v) is 17.8. The van der Waals surface area contributed by atoms with E-state index in [9.17, 15) is 5.11 Å². The zero-order chi connectivity index (χ0) is 20.5. The maximum absolute atomic E-state index is 10.3. The standard InChI is InChI=1S/C22H35N5O2/c1-3-25-8-10-26(11-9-25)17-21(28)18-29-22-7-5-6-19(12-22)13-23-14-20-15-24-27(4-2)16-20/h5-7,12,15-16,21,23,28H,3-4,8-11,13-14,17-18H2,1-2H3/t21-/m0/s1. The molecule has 0 saturated carbocycles. The van der Waals surface area contributed by atoms with Gasteiger partial charge in [-0.3, -0.25) is 9.58 Å². The van der Waals surface area contributed by atoms with Gasteiger partial charge in [0.2, 0.25) is 0 Å². The lowest BCUT2D eigenvalue weighted by atomic mass is 10.2. The second-order valence-electron chi connectivity index (χ2n) is 7.65. The largest absolute Gasteiger partial charge is 0.491 e. The summed E-state index contributed by atoms with van der Waals surface area (Å²) in [4.78, 5) is 4.76. The SMILES string of the molecule is CCN1CCN(C[C@H](O)COc2cccc(CNCc3cnn(CC)c3)c2)CC1. The summed E-state index contributed by atoms with van der Waals surface area (Å²) in [6.07, 6.45) is 3.50. The van der Waals surface area contributed by atoms with Crippen LogP contribution in [0.4, 0.5) is 0 Å². The molecule has 2 N–H and O–H groups in total. The first-order valence-electron chi connectivity index (χ1n) is 10.7. The highest BCUT2D eigenvalue weighted by molar-refractivity contribution is 5.28. The van der Waals surface area contributed by atoms with E-state index in [1.807, 2.05) is 29.1 Å². The second-order valence-corrected chi connectivity index (χ2v) is 7.65. The third-order valence-electron chi connectivity index (χ3n) is 5.39. The van der Waals surface area contributed by atoms with Gasteiger partial charge in [-0.15, -0.1) is 0 Å². The maximum Gasteiger partial charge on any atom is 0.119 e. The molecule has 1 aliphatic heterocycles. The molecule has 0 spiro atoms. The van der Waals surface area contributed by atoms with Crippen LogP contribution in [-0.4, -0.2) is 76.7 Å². The molecule has 29 heavy (non-hydrogen) atoms. The number of aliphatic hydroxyl groups excluding tert-OH is 1. The second kappa shape index (κ2) is 11.3. The molecule has 7 nitrogen and oxygen atoms in total. The highest BCUT2D eigenvalue weighted by Crippen LogP contribution is 2.14. The Morgan fingerprint density at radius 3 is 2.55 bits per heavy atom. The summed E-state index contributed by atoms with van der Waals surface area (Å²) < 4.78 is 7.78. The first kappa shape index (κ1) is 21.8. The summed E-state index contributed by atoms with van der Waals surface area (Å²) in [5.74, 6) is 0.804. The van der Waals surface area contributed by atoms with Gasteiger partial charge in [0, 0.05) is 64.1 Å². The van der Waals surface area contributed by atoms with Gasteiger partial charge in [0.05, 0.1) is 6.20 Å². The van der Waals surface area contributed by atoms with Crippen molar-refractivity contribution in [1.29, 1.82) is 0 Å². The molecule has 0 aliphatic carbocycles. The topological polar surface area (TPSA) is 65.8 Å². The number of hydrogen-bond acceptors (Lipinski definition) is 6. The van der Waals surface area contributed by atoms with E-state index in [1.54, 1.807) is 0 Å². The molecule has 1 fully saturated rings. The van der Waals surface area contributed by atoms with Crippen molar-refractivity contribution >= 4 is 0 Å². The number of aryl methyl sites for hydroxylation is 1. The first-order valence-corrected chi connectivity index (χ1v) is 10.7. The Balaban J connectivity index is 1.37. The Morgan fingerprint density at radius 2 is 1.83 bits per heavy atom. The fourth-order valence-electron chi connectivity index (χ4n) is 3.60. The van der Waals surface area contributed by atoms with E-state index >= 15 is 0 Å². The average molecular weight is 402 g/mol. The molecule has 1 atom stereocenters. The number of piperazine rings is 1. The van der Waals surface area contributed by atoms with Crippen LogP contribution in [0, 0.1) is 0 Å². The molecule has 1 saturated heterocycles. The minimum absolute atomic E-state index is 0.321. The molecule has 7 heteroatoms. The number of nitrogens with one attached hydrogen (secondary N) is 1. The molecular formula is C22H35N5O2. The number of likely N-dealkylation sites (N-methyl/N-ethyl adjacent to an activating group) is 1. The van der Waals surface area contributed by atoms with E-state index < -0.39 is 6.10 Å². The molecule has 1 aromatic heterocycles. The van der Waals surface area contributed by atoms with Gasteiger partial charge in [0.25, 0.3) is 0 Å². The lowest BCUT2D eigenvalue weighted by Gasteiger charge is -2.34. The molecule has 0 amide bonds. The van der Waals surface area contributed by atoms with Crippen LogP contribution in [0.1, 0.15) is 25.0 Å². The lowest BCUT2D eigenvalue weighted by Crippen LogP contribution is -2.49. The molecule has 0 bridgehead atoms. The molecule has 0 radical (unpaired) electrons. The number of hydrogen-bond donors (Lipinski definition) is 2. The van der Waals surface area contributed by atoms with Gasteiger partial charge < -0.3 is 20.1 Å². The number of benzene rings is 1. The normalized spacial score (nSPS) is 16.8. The summed E-state index contributed by atoms with van der Waals surface area (Å²) >= 11 is 0. The lowest BCUT2D eigenvalue weighted by molar-refractivity contribution is 0.0471. The molecule has 1 aliphatic rings. The quantitative estimate of drug-likeness (QED) is 0.596. The number of ether oxygens (including phenoxy) is 1. The minimum Gasteiger partial charge on any atom is -0.491 e. The predicted octanol–water partition coefficient (Wildman–Crippen LogP) is 1.57. The van der Waals surface area contributed by atoms with E-state index in [0.717, 1.165) is 63.7 Å². The van der Waals surface area contributed by atoms with Crippen LogP contribution in [0.25, 0.3) is 0 Å². The molecule has 1 aromatic carbocycles. The zero-order valence-electron chi connectivity index (χ0n) is 17.8. The Kier molecular flexibility index (Phi) is 8.49. The van der Waals surface area contributed by atoms with Crippen LogP contribution in [0.2, 0.25) is 0 Å². The van der Waals surface area contributed by atoms with Crippen LogP contribution >= 0.6 is 0 Å². The van der Waals surface area contributed by atoms with Crippen LogP contribution in [0.5, 0.6) is 5.75 Å². The number of β-amino-alcohol motifs (C(OH)–C–C–N with tert-alkyl or cyclic N) is 1. The fourth-order valence-corrected chi connectivity index (χ4v) is 3.60. The summed E-state index contributed by atoms with van der Waals surface area (Å²) in [6, 6.07) is 8.06. The number of nitrogens with zero attached hydrogens (tertiary/aromatic N) is 4. The van der Waals surface area contributed by atoms with Crippen molar-refractivity contribution in [3.8, 4) is 5.75 Å². The van der Waals surface area contributed by atoms with Crippen molar-refractivity contribution in [3.63, 3.8) is 0 Å². The third kappa shape index (κ3) is 7.12. The maximum atomic E-state index is 10.3. The first-order chi connectivity index (χ1) is 14.2. The highest BCUT2D eigenvalue weighted by atomic mass is 16.5. The number of rotatable bonds is 11. The predicted molar refractivity (Wildman–Crippen MR) is 115 cm³/mol. The summed E-state index contributed by atoms with van der Waals surface area (Å²) in [5.41, 5.74) is 2.35. The van der Waals surface area contributed by atoms with Crippen LogP contribution in [-0.2, 0) is 19.6 Å². The number of aromatic nitrogens is 2. The van der Waals surface area contributed by atoms with E-state index in [2.05, 4.69) is 46.3 Å². The summed E-state index contributed by atoms with van der Waals surface area (Å²) in [7, 11) is 0. The summed E-state index contributed by atoms with van der Waals surface area (Å²) in [5, 5.41) is 18.1. The van der Waals surface area contributed by atoms with Gasteiger partial charge in [-0.1, -0.05) is 19.1 Å². The average Bonchev–Trinajstić information content (AvgIpc) is 3.21. The monoisotopic (exact) mass is 401 g/mol. The van der Waals surface area contributed by atoms with Gasteiger partial charge in [-0.2, -0.15) is 5.10 Å². The van der Waals surface area contributed by atoms with Gasteiger partial charge in [0.15, 0.2) is 0 Å². The molecular weight excluding hydrogens is 366 g/mol. The molecule has 3 rings (SSSR count). The van der Waals surface area contributed by atoms with Crippen molar-refractivity contribution in [2.45, 2.75) is 39.6 Å². The van der Waals surface area contributed by atoms with Gasteiger partial charge in [0.1, 0.15) is 18.5 Å². The summed E-state index contributed by atoms with van der Waals surface area (Å²) in [6.45, 7) is 13.0. The Hall–Kier alpha value is -1.93. The Labute approximate surface area is 174 Å². The van der Waals surface area contributed by atoms with Crippen molar-refractivity contribution in [2.24, 2.45) is 0 Å². The number of aliphatic hydroxyl groups is 1. The van der Waals surface area contributed by atoms with E-state index in [0.29, 0.717) is 13.2 Å². The van der Waals surface area contributed by atoms with E-state index in [4.69, 9.17) is 4.74 Å². The van der Waals surface area contributed by atoms with Crippen LogP contribution in [0.3, 0.4) is 0 Å². The molecule has 160 valence electrons. The van der Waals surface area contributed by atoms with E-state index in [1.165, 1.54) is 5.56 Å². The highest BCUT2D eigenvalue weighted by Gasteiger charge is 2.18. The smallest absolute Gasteiger partial charge is 0.119 e. The van der Waals surface area contributed by atoms with Crippen molar-refractivity contribution in [1.82, 2.24) is 24.9 Å². The van der Waals surface area contributed by atoms with Gasteiger partial charge >= 0.3 is 0 Å². The third-order valence-corrected chi connectivity index (χ3v) is 5.39. The van der Waals surface area contributed by atoms with Gasteiger partial charge in [-0.05, 0) is 31.2 Å². The van der Waals surface area contributed by atoms with Crippen molar-refractivity contribution in [3.05, 3.63) is 47.8 Å². The van der Waals surface area contributed by atoms with Gasteiger partial charge in [-0.25, -0.2) is 0 Å². The Morgan fingerprint density at radius 1 is 1.07 bits per heavy atom. The Bertz CT molecular complexity index is 727. The van der Waals surface area contributed by atoms with Crippen LogP contribution in [0.15, 0.2) is 36.7 Å². The molecule has 2 heterocycles.